The van der Waals surface area contributed by atoms with Crippen molar-refractivity contribution in [3.05, 3.63) is 78.2 Å². The van der Waals surface area contributed by atoms with Crippen molar-refractivity contribution in [1.29, 1.82) is 0 Å². The Hall–Kier alpha value is -2.27. The molecule has 1 unspecified atom stereocenters. The molecule has 0 aromatic heterocycles. The average molecular weight is 327 g/mol. The molecule has 5 heteroatoms. The van der Waals surface area contributed by atoms with Crippen LogP contribution in [0.1, 0.15) is 12.8 Å². The molecule has 2 aliphatic carbocycles. The monoisotopic (exact) mass is 327 g/mol. The molecule has 4 rings (SSSR count). The summed E-state index contributed by atoms with van der Waals surface area (Å²) in [5, 5.41) is -0.290. The van der Waals surface area contributed by atoms with Gasteiger partial charge < -0.3 is 4.74 Å². The van der Waals surface area contributed by atoms with E-state index in [1.54, 1.807) is 6.26 Å². The maximum Gasteiger partial charge on any atom is 0.242 e. The quantitative estimate of drug-likeness (QED) is 0.852. The zero-order valence-electron chi connectivity index (χ0n) is 12.5. The summed E-state index contributed by atoms with van der Waals surface area (Å²) in [6.07, 6.45) is 12.5. The first-order valence-electron chi connectivity index (χ1n) is 7.67. The number of benzene rings is 1. The highest BCUT2D eigenvalue weighted by atomic mass is 32.2. The molecule has 1 heterocycles. The lowest BCUT2D eigenvalue weighted by Gasteiger charge is -2.29. The number of hydrogen-bond acceptors (Lipinski definition) is 3. The van der Waals surface area contributed by atoms with E-state index in [1.165, 1.54) is 4.31 Å². The van der Waals surface area contributed by atoms with Crippen LogP contribution in [0, 0.1) is 0 Å². The SMILES string of the molecule is O=S(=O)(C1CC1)N(C1=COC2C=CC=CC2=C1)c1ccccc1. The smallest absolute Gasteiger partial charge is 0.242 e. The van der Waals surface area contributed by atoms with Crippen molar-refractivity contribution < 1.29 is 13.2 Å². The summed E-state index contributed by atoms with van der Waals surface area (Å²) in [6.45, 7) is 0. The van der Waals surface area contributed by atoms with Crippen LogP contribution in [0.15, 0.2) is 78.2 Å². The molecule has 0 amide bonds. The molecule has 118 valence electrons. The van der Waals surface area contributed by atoms with Gasteiger partial charge >= 0.3 is 0 Å². The van der Waals surface area contributed by atoms with E-state index in [2.05, 4.69) is 0 Å². The minimum absolute atomic E-state index is 0.134. The van der Waals surface area contributed by atoms with Gasteiger partial charge in [0, 0.05) is 0 Å². The fourth-order valence-electron chi connectivity index (χ4n) is 2.77. The molecule has 23 heavy (non-hydrogen) atoms. The van der Waals surface area contributed by atoms with E-state index in [0.29, 0.717) is 11.4 Å². The Balaban J connectivity index is 1.78. The Kier molecular flexibility index (Phi) is 3.38. The van der Waals surface area contributed by atoms with E-state index in [1.807, 2.05) is 60.7 Å². The third kappa shape index (κ3) is 2.61. The number of allylic oxidation sites excluding steroid dienone is 3. The van der Waals surface area contributed by atoms with Crippen LogP contribution in [0.4, 0.5) is 5.69 Å². The second-order valence-corrected chi connectivity index (χ2v) is 7.89. The molecule has 1 aromatic carbocycles. The number of rotatable bonds is 4. The summed E-state index contributed by atoms with van der Waals surface area (Å²) in [4.78, 5) is 0. The Labute approximate surface area is 136 Å². The summed E-state index contributed by atoms with van der Waals surface area (Å²) in [5.74, 6) is 0. The van der Waals surface area contributed by atoms with E-state index < -0.39 is 10.0 Å². The van der Waals surface area contributed by atoms with Gasteiger partial charge in [0.05, 0.1) is 16.6 Å². The maximum atomic E-state index is 12.9. The molecule has 0 radical (unpaired) electrons. The number of para-hydroxylation sites is 1. The van der Waals surface area contributed by atoms with Crippen molar-refractivity contribution >= 4 is 15.7 Å². The lowest BCUT2D eigenvalue weighted by molar-refractivity contribution is 0.212. The van der Waals surface area contributed by atoms with Gasteiger partial charge in [-0.15, -0.1) is 0 Å². The number of ether oxygens (including phenoxy) is 1. The highest BCUT2D eigenvalue weighted by Gasteiger charge is 2.42. The van der Waals surface area contributed by atoms with Gasteiger partial charge in [0.15, 0.2) is 0 Å². The van der Waals surface area contributed by atoms with Crippen LogP contribution in [0.25, 0.3) is 0 Å². The summed E-state index contributed by atoms with van der Waals surface area (Å²) in [6, 6.07) is 9.17. The second-order valence-electron chi connectivity index (χ2n) is 5.83. The zero-order valence-corrected chi connectivity index (χ0v) is 13.3. The van der Waals surface area contributed by atoms with Crippen molar-refractivity contribution in [2.45, 2.75) is 24.2 Å². The topological polar surface area (TPSA) is 46.6 Å². The molecule has 1 fully saturated rings. The average Bonchev–Trinajstić information content (AvgIpc) is 3.41. The highest BCUT2D eigenvalue weighted by Crippen LogP contribution is 2.37. The number of sulfonamides is 1. The molecule has 0 N–H and O–H groups in total. The van der Waals surface area contributed by atoms with Crippen LogP contribution in [0.3, 0.4) is 0 Å². The molecule has 3 aliphatic rings. The first-order valence-corrected chi connectivity index (χ1v) is 9.18. The third-order valence-corrected chi connectivity index (χ3v) is 6.33. The highest BCUT2D eigenvalue weighted by molar-refractivity contribution is 7.93. The van der Waals surface area contributed by atoms with Crippen LogP contribution in [0.2, 0.25) is 0 Å². The number of anilines is 1. The predicted molar refractivity (Wildman–Crippen MR) is 90.2 cm³/mol. The van der Waals surface area contributed by atoms with Gasteiger partial charge in [-0.1, -0.05) is 36.4 Å². The predicted octanol–water partition coefficient (Wildman–Crippen LogP) is 3.28. The lowest BCUT2D eigenvalue weighted by atomic mass is 10.0. The Morgan fingerprint density at radius 2 is 1.87 bits per heavy atom. The molecule has 0 saturated heterocycles. The molecule has 1 aliphatic heterocycles. The first-order chi connectivity index (χ1) is 11.2. The van der Waals surface area contributed by atoms with E-state index in [9.17, 15) is 8.42 Å². The van der Waals surface area contributed by atoms with Crippen LogP contribution in [-0.2, 0) is 14.8 Å². The Morgan fingerprint density at radius 1 is 1.09 bits per heavy atom. The molecular weight excluding hydrogens is 310 g/mol. The second kappa shape index (κ2) is 5.42. The number of hydrogen-bond donors (Lipinski definition) is 0. The maximum absolute atomic E-state index is 12.9. The van der Waals surface area contributed by atoms with Crippen LogP contribution in [-0.4, -0.2) is 19.8 Å². The van der Waals surface area contributed by atoms with Crippen molar-refractivity contribution in [2.24, 2.45) is 0 Å². The van der Waals surface area contributed by atoms with Gasteiger partial charge in [-0.25, -0.2) is 12.7 Å². The van der Waals surface area contributed by atoms with Gasteiger partial charge in [-0.3, -0.25) is 0 Å². The molecule has 0 spiro atoms. The zero-order chi connectivity index (χ0) is 15.9. The molecule has 1 saturated carbocycles. The molecule has 0 bridgehead atoms. The minimum atomic E-state index is -3.42. The van der Waals surface area contributed by atoms with Gasteiger partial charge in [0.2, 0.25) is 10.0 Å². The molecule has 1 aromatic rings. The van der Waals surface area contributed by atoms with Crippen molar-refractivity contribution in [3.63, 3.8) is 0 Å². The van der Waals surface area contributed by atoms with Gasteiger partial charge in [0.1, 0.15) is 12.4 Å². The number of fused-ring (bicyclic) bond motifs is 1. The number of nitrogens with zero attached hydrogens (tertiary/aromatic N) is 1. The van der Waals surface area contributed by atoms with Gasteiger partial charge in [-0.05, 0) is 42.7 Å². The van der Waals surface area contributed by atoms with E-state index >= 15 is 0 Å². The summed E-state index contributed by atoms with van der Waals surface area (Å²) in [5.41, 5.74) is 2.14. The fraction of sp³-hybridized carbons (Fsp3) is 0.222. The van der Waals surface area contributed by atoms with Crippen LogP contribution in [0.5, 0.6) is 0 Å². The van der Waals surface area contributed by atoms with Crippen LogP contribution < -0.4 is 4.31 Å². The standard InChI is InChI=1S/C18H17NO3S/c20-23(21,17-10-11-17)19(15-7-2-1-3-8-15)16-12-14-6-4-5-9-18(14)22-13-16/h1-9,12-13,17-18H,10-11H2. The van der Waals surface area contributed by atoms with Crippen molar-refractivity contribution in [3.8, 4) is 0 Å². The normalized spacial score (nSPS) is 22.7. The summed E-state index contributed by atoms with van der Waals surface area (Å²) < 4.78 is 33.0. The van der Waals surface area contributed by atoms with E-state index in [0.717, 1.165) is 18.4 Å². The third-order valence-electron chi connectivity index (χ3n) is 4.09. The Morgan fingerprint density at radius 3 is 2.61 bits per heavy atom. The van der Waals surface area contributed by atoms with Gasteiger partial charge in [0.25, 0.3) is 0 Å². The van der Waals surface area contributed by atoms with Crippen LogP contribution >= 0.6 is 0 Å². The van der Waals surface area contributed by atoms with Gasteiger partial charge in [-0.2, -0.15) is 0 Å². The van der Waals surface area contributed by atoms with E-state index in [4.69, 9.17) is 4.74 Å². The lowest BCUT2D eigenvalue weighted by Crippen LogP contribution is -2.34. The molecule has 1 atom stereocenters. The molecule has 4 nitrogen and oxygen atoms in total. The summed E-state index contributed by atoms with van der Waals surface area (Å²) >= 11 is 0. The van der Waals surface area contributed by atoms with Crippen molar-refractivity contribution in [1.82, 2.24) is 0 Å². The largest absolute Gasteiger partial charge is 0.487 e. The fourth-order valence-corrected chi connectivity index (χ4v) is 4.60. The minimum Gasteiger partial charge on any atom is -0.487 e. The summed E-state index contributed by atoms with van der Waals surface area (Å²) in [7, 11) is -3.42. The van der Waals surface area contributed by atoms with Crippen molar-refractivity contribution in [2.75, 3.05) is 4.31 Å². The van der Waals surface area contributed by atoms with E-state index in [-0.39, 0.29) is 11.4 Å². The molecular formula is C18H17NO3S. The Bertz CT molecular complexity index is 830. The first kappa shape index (κ1) is 14.3.